The summed E-state index contributed by atoms with van der Waals surface area (Å²) in [6, 6.07) is 17.2. The van der Waals surface area contributed by atoms with Gasteiger partial charge in [-0.1, -0.05) is 6.08 Å². The Kier molecular flexibility index (Phi) is 14.2. The number of aldehydes is 1. The lowest BCUT2D eigenvalue weighted by Crippen LogP contribution is -1.99. The molecule has 0 unspecified atom stereocenters. The first-order chi connectivity index (χ1) is 22.3. The molecule has 4 rings (SSSR count). The maximum atomic E-state index is 12.4. The number of benzene rings is 4. The molecule has 0 fully saturated rings. The number of carbonyl (C=O) groups is 3. The molecule has 0 atom stereocenters. The topological polar surface area (TPSA) is 129 Å². The Morgan fingerprint density at radius 2 is 1.00 bits per heavy atom. The highest BCUT2D eigenvalue weighted by Gasteiger charge is 2.12. The van der Waals surface area contributed by atoms with Gasteiger partial charge in [-0.2, -0.15) is 0 Å². The van der Waals surface area contributed by atoms with Crippen LogP contribution in [0.4, 0.5) is 0 Å². The monoisotopic (exact) mass is 642 g/mol. The second-order valence-electron chi connectivity index (χ2n) is 10.5. The Morgan fingerprint density at radius 3 is 1.38 bits per heavy atom. The molecule has 0 aromatic heterocycles. The molecule has 4 aromatic rings. The average molecular weight is 643 g/mol. The van der Waals surface area contributed by atoms with Crippen molar-refractivity contribution < 1.29 is 43.5 Å². The zero-order valence-corrected chi connectivity index (χ0v) is 28.3. The molecule has 9 nitrogen and oxygen atoms in total. The predicted octanol–water partition coefficient (Wildman–Crippen LogP) is 7.65. The highest BCUT2D eigenvalue weighted by atomic mass is 16.5. The van der Waals surface area contributed by atoms with Gasteiger partial charge < -0.3 is 29.2 Å². The van der Waals surface area contributed by atoms with E-state index < -0.39 is 0 Å². The molecular formula is C38H42O9. The zero-order chi connectivity index (χ0) is 35.3. The maximum Gasteiger partial charge on any atom is 0.189 e. The largest absolute Gasteiger partial charge is 0.507 e. The minimum Gasteiger partial charge on any atom is -0.507 e. The molecule has 4 aromatic carbocycles. The van der Waals surface area contributed by atoms with E-state index in [1.54, 1.807) is 82.7 Å². The number of aromatic hydroxyl groups is 2. The van der Waals surface area contributed by atoms with Crippen LogP contribution in [0.1, 0.15) is 65.8 Å². The van der Waals surface area contributed by atoms with E-state index in [0.29, 0.717) is 39.7 Å². The molecule has 0 aliphatic rings. The van der Waals surface area contributed by atoms with Crippen molar-refractivity contribution in [1.29, 1.82) is 0 Å². The lowest BCUT2D eigenvalue weighted by Gasteiger charge is -2.08. The number of hydrogen-bond acceptors (Lipinski definition) is 9. The summed E-state index contributed by atoms with van der Waals surface area (Å²) < 4.78 is 20.4. The number of hydrogen-bond donors (Lipinski definition) is 2. The van der Waals surface area contributed by atoms with Crippen molar-refractivity contribution in [2.75, 3.05) is 28.4 Å². The van der Waals surface area contributed by atoms with Crippen LogP contribution in [0.5, 0.6) is 34.5 Å². The summed E-state index contributed by atoms with van der Waals surface area (Å²) >= 11 is 0. The number of phenolic OH excluding ortho intramolecular Hbond substituents is 2. The van der Waals surface area contributed by atoms with Gasteiger partial charge in [0, 0.05) is 5.56 Å². The number of rotatable bonds is 9. The molecule has 0 radical (unpaired) electrons. The van der Waals surface area contributed by atoms with E-state index >= 15 is 0 Å². The van der Waals surface area contributed by atoms with Crippen LogP contribution < -0.4 is 18.9 Å². The molecule has 0 saturated carbocycles. The van der Waals surface area contributed by atoms with E-state index in [2.05, 4.69) is 0 Å². The third kappa shape index (κ3) is 10.5. The third-order valence-electron chi connectivity index (χ3n) is 7.05. The van der Waals surface area contributed by atoms with Gasteiger partial charge in [-0.05, 0) is 129 Å². The van der Waals surface area contributed by atoms with E-state index in [9.17, 15) is 24.6 Å². The predicted molar refractivity (Wildman–Crippen MR) is 183 cm³/mol. The van der Waals surface area contributed by atoms with Crippen molar-refractivity contribution in [2.24, 2.45) is 0 Å². The lowest BCUT2D eigenvalue weighted by molar-refractivity contribution is 0.101. The summed E-state index contributed by atoms with van der Waals surface area (Å²) in [6.07, 6.45) is 3.99. The van der Waals surface area contributed by atoms with Gasteiger partial charge >= 0.3 is 0 Å². The van der Waals surface area contributed by atoms with Crippen molar-refractivity contribution in [1.82, 2.24) is 0 Å². The normalized spacial score (nSPS) is 10.1. The maximum absolute atomic E-state index is 12.4. The van der Waals surface area contributed by atoms with E-state index in [1.807, 2.05) is 26.0 Å². The van der Waals surface area contributed by atoms with Crippen LogP contribution in [-0.2, 0) is 0 Å². The van der Waals surface area contributed by atoms with E-state index in [0.717, 1.165) is 34.1 Å². The molecule has 248 valence electrons. The van der Waals surface area contributed by atoms with Gasteiger partial charge in [0.1, 0.15) is 40.8 Å². The van der Waals surface area contributed by atoms with Gasteiger partial charge in [0.15, 0.2) is 11.6 Å². The minimum atomic E-state index is -0.177. The van der Waals surface area contributed by atoms with Crippen molar-refractivity contribution in [3.8, 4) is 34.5 Å². The fourth-order valence-electron chi connectivity index (χ4n) is 4.50. The Hall–Kier alpha value is -5.57. The highest BCUT2D eigenvalue weighted by Crippen LogP contribution is 2.27. The Balaban J connectivity index is 0.000000270. The molecule has 0 amide bonds. The number of phenols is 2. The summed E-state index contributed by atoms with van der Waals surface area (Å²) in [7, 11) is 6.17. The van der Waals surface area contributed by atoms with Crippen LogP contribution in [0.3, 0.4) is 0 Å². The number of Topliss-reactive ketones (excluding diaryl/α,β-unsaturated/α-hetero) is 1. The lowest BCUT2D eigenvalue weighted by atomic mass is 10.0. The number of carbonyl (C=O) groups excluding carboxylic acids is 3. The molecule has 0 heterocycles. The Bertz CT molecular complexity index is 1710. The number of methoxy groups -OCH3 is 4. The molecule has 47 heavy (non-hydrogen) atoms. The highest BCUT2D eigenvalue weighted by molar-refractivity contribution is 6.09. The SMILES string of the molecule is COc1ccc(OC)c(C(=O)/C=C/c2cc(C)c(O)c(C)c2)c1.COc1ccc(OC)c(C(C)=O)c1.Cc1cc(C=O)cc(C)c1O. The Morgan fingerprint density at radius 1 is 0.596 bits per heavy atom. The quantitative estimate of drug-likeness (QED) is 0.107. The number of ketones is 2. The van der Waals surface area contributed by atoms with Crippen molar-refractivity contribution in [3.63, 3.8) is 0 Å². The molecule has 2 N–H and O–H groups in total. The first-order valence-corrected chi connectivity index (χ1v) is 14.5. The van der Waals surface area contributed by atoms with Gasteiger partial charge in [0.25, 0.3) is 0 Å². The standard InChI is InChI=1S/C19H20O4.C10H12O3.C9H10O2/c1-12-9-14(10-13(2)19(12)21)5-7-17(20)16-11-15(22-3)6-8-18(16)23-4;1-7(11)9-6-8(12-2)4-5-10(9)13-3;1-6-3-8(5-10)4-7(2)9(6)11/h5-11,21H,1-4H3;4-6H,1-3H3;3-5,11H,1-2H3/b7-5+;;. The minimum absolute atomic E-state index is 0.0317. The van der Waals surface area contributed by atoms with Crippen LogP contribution >= 0.6 is 0 Å². The van der Waals surface area contributed by atoms with Crippen molar-refractivity contribution >= 4 is 23.9 Å². The molecule has 0 spiro atoms. The van der Waals surface area contributed by atoms with Crippen LogP contribution in [0.15, 0.2) is 66.7 Å². The molecule has 0 aliphatic carbocycles. The molecule has 0 saturated heterocycles. The van der Waals surface area contributed by atoms with E-state index in [-0.39, 0.29) is 23.1 Å². The number of ether oxygens (including phenoxy) is 4. The van der Waals surface area contributed by atoms with Crippen LogP contribution in [0, 0.1) is 27.7 Å². The zero-order valence-electron chi connectivity index (χ0n) is 28.3. The van der Waals surface area contributed by atoms with Gasteiger partial charge in [-0.25, -0.2) is 0 Å². The summed E-state index contributed by atoms with van der Waals surface area (Å²) in [4.78, 5) is 33.9. The summed E-state index contributed by atoms with van der Waals surface area (Å²) in [5, 5.41) is 19.1. The van der Waals surface area contributed by atoms with Crippen molar-refractivity contribution in [2.45, 2.75) is 34.6 Å². The van der Waals surface area contributed by atoms with Crippen molar-refractivity contribution in [3.05, 3.63) is 111 Å². The summed E-state index contributed by atoms with van der Waals surface area (Å²) in [6.45, 7) is 8.70. The molecule has 0 aliphatic heterocycles. The first-order valence-electron chi connectivity index (χ1n) is 14.5. The second kappa shape index (κ2) is 17.8. The number of aryl methyl sites for hydroxylation is 4. The van der Waals surface area contributed by atoms with Crippen LogP contribution in [0.25, 0.3) is 6.08 Å². The summed E-state index contributed by atoms with van der Waals surface area (Å²) in [5.41, 5.74) is 5.48. The van der Waals surface area contributed by atoms with E-state index in [4.69, 9.17) is 18.9 Å². The van der Waals surface area contributed by atoms with Crippen LogP contribution in [0.2, 0.25) is 0 Å². The molecule has 9 heteroatoms. The summed E-state index contributed by atoms with van der Waals surface area (Å²) in [5.74, 6) is 2.68. The Labute approximate surface area is 276 Å². The van der Waals surface area contributed by atoms with Gasteiger partial charge in [-0.3, -0.25) is 14.4 Å². The smallest absolute Gasteiger partial charge is 0.189 e. The van der Waals surface area contributed by atoms with Gasteiger partial charge in [0.2, 0.25) is 0 Å². The average Bonchev–Trinajstić information content (AvgIpc) is 3.07. The molecular weight excluding hydrogens is 600 g/mol. The molecule has 0 bridgehead atoms. The fourth-order valence-corrected chi connectivity index (χ4v) is 4.50. The van der Waals surface area contributed by atoms with Gasteiger partial charge in [-0.15, -0.1) is 0 Å². The fraction of sp³-hybridized carbons (Fsp3) is 0.237. The third-order valence-corrected chi connectivity index (χ3v) is 7.05. The van der Waals surface area contributed by atoms with E-state index in [1.165, 1.54) is 27.2 Å². The second-order valence-corrected chi connectivity index (χ2v) is 10.5. The van der Waals surface area contributed by atoms with Crippen LogP contribution in [-0.4, -0.2) is 56.5 Å². The van der Waals surface area contributed by atoms with Gasteiger partial charge in [0.05, 0.1) is 39.6 Å². The number of allylic oxidation sites excluding steroid dienone is 1. The first kappa shape index (κ1) is 37.6.